The molecule has 202 valence electrons. The van der Waals surface area contributed by atoms with Crippen molar-refractivity contribution >= 4 is 92.4 Å². The van der Waals surface area contributed by atoms with E-state index in [1.165, 1.54) is 25.4 Å². The molecule has 0 saturated heterocycles. The molecule has 1 aliphatic heterocycles. The van der Waals surface area contributed by atoms with E-state index in [1.54, 1.807) is 0 Å². The number of anilines is 1. The lowest BCUT2D eigenvalue weighted by Crippen LogP contribution is -2.44. The zero-order chi connectivity index (χ0) is 28.0. The number of ether oxygens (including phenoxy) is 2. The molecule has 0 fully saturated rings. The van der Waals surface area contributed by atoms with Gasteiger partial charge in [0.25, 0.3) is 17.7 Å². The molecule has 0 bridgehead atoms. The molecule has 3 amide bonds. The molecule has 1 aromatic heterocycles. The Balaban J connectivity index is 1.46. The number of halogens is 4. The Bertz CT molecular complexity index is 1360. The van der Waals surface area contributed by atoms with E-state index in [0.29, 0.717) is 27.8 Å². The van der Waals surface area contributed by atoms with Gasteiger partial charge in [-0.3, -0.25) is 19.3 Å². The van der Waals surface area contributed by atoms with Gasteiger partial charge in [0, 0.05) is 4.88 Å². The Morgan fingerprint density at radius 3 is 2.18 bits per heavy atom. The number of carbonyl (C=O) groups is 5. The molecule has 1 aromatic carbocycles. The van der Waals surface area contributed by atoms with Gasteiger partial charge in [-0.2, -0.15) is 0 Å². The van der Waals surface area contributed by atoms with Crippen LogP contribution in [0.25, 0.3) is 0 Å². The summed E-state index contributed by atoms with van der Waals surface area (Å²) in [6.07, 6.45) is 2.37. The lowest BCUT2D eigenvalue weighted by Gasteiger charge is -2.20. The SMILES string of the molecule is COC(=O)c1c(NC(=O)COC(=O)[C@H](C)N2C(=O)c3c(Cl)c(Cl)c(Cl)c(Cl)c3C2=O)sc2c1CC[C@@H](C)C2. The highest BCUT2D eigenvalue weighted by atomic mass is 35.5. The molecule has 9 nitrogen and oxygen atoms in total. The van der Waals surface area contributed by atoms with Crippen LogP contribution in [0.5, 0.6) is 0 Å². The van der Waals surface area contributed by atoms with Crippen LogP contribution in [-0.4, -0.2) is 54.3 Å². The van der Waals surface area contributed by atoms with E-state index in [1.807, 2.05) is 0 Å². The van der Waals surface area contributed by atoms with E-state index in [9.17, 15) is 24.0 Å². The van der Waals surface area contributed by atoms with E-state index >= 15 is 0 Å². The third-order valence-corrected chi connectivity index (χ3v) is 9.33. The van der Waals surface area contributed by atoms with Crippen LogP contribution < -0.4 is 5.32 Å². The average Bonchev–Trinajstić information content (AvgIpc) is 3.36. The fourth-order valence-corrected chi connectivity index (χ4v) is 6.83. The van der Waals surface area contributed by atoms with Gasteiger partial charge < -0.3 is 14.8 Å². The van der Waals surface area contributed by atoms with Gasteiger partial charge in [0.1, 0.15) is 11.0 Å². The monoisotopic (exact) mass is 620 g/mol. The van der Waals surface area contributed by atoms with Crippen LogP contribution in [0.2, 0.25) is 20.1 Å². The standard InChI is InChI=1S/C24H20Cl4N2O7S/c1-8-4-5-10-11(6-8)38-20(13(10)24(35)36-3)29-12(31)7-37-23(34)9(2)30-21(32)14-15(22(30)33)17(26)19(28)18(27)16(14)25/h8-9H,4-7H2,1-3H3,(H,29,31)/t8-,9+/m1/s1. The fourth-order valence-electron chi connectivity index (χ4n) is 4.40. The van der Waals surface area contributed by atoms with Crippen molar-refractivity contribution in [2.24, 2.45) is 5.92 Å². The van der Waals surface area contributed by atoms with E-state index in [2.05, 4.69) is 12.2 Å². The van der Waals surface area contributed by atoms with E-state index in [0.717, 1.165) is 23.3 Å². The van der Waals surface area contributed by atoms with Gasteiger partial charge in [0.05, 0.1) is 43.9 Å². The van der Waals surface area contributed by atoms with Crippen molar-refractivity contribution in [3.8, 4) is 0 Å². The number of imide groups is 1. The van der Waals surface area contributed by atoms with Crippen LogP contribution in [0.1, 0.15) is 61.8 Å². The van der Waals surface area contributed by atoms with Crippen LogP contribution >= 0.6 is 57.7 Å². The number of amides is 3. The summed E-state index contributed by atoms with van der Waals surface area (Å²) in [4.78, 5) is 65.3. The summed E-state index contributed by atoms with van der Waals surface area (Å²) in [6.45, 7) is 2.63. The molecule has 2 heterocycles. The topological polar surface area (TPSA) is 119 Å². The highest BCUT2D eigenvalue weighted by Gasteiger charge is 2.45. The molecule has 1 N–H and O–H groups in total. The fraction of sp³-hybridized carbons (Fsp3) is 0.375. The van der Waals surface area contributed by atoms with Crippen LogP contribution in [0.15, 0.2) is 0 Å². The van der Waals surface area contributed by atoms with E-state index < -0.39 is 42.3 Å². The van der Waals surface area contributed by atoms with Crippen LogP contribution in [0.4, 0.5) is 5.00 Å². The predicted octanol–water partition coefficient (Wildman–Crippen LogP) is 5.44. The highest BCUT2D eigenvalue weighted by molar-refractivity contribution is 7.17. The minimum atomic E-state index is -1.43. The molecule has 0 unspecified atom stereocenters. The molecule has 4 rings (SSSR count). The molecule has 2 aromatic rings. The summed E-state index contributed by atoms with van der Waals surface area (Å²) in [5.74, 6) is -3.70. The molecular weight excluding hydrogens is 602 g/mol. The summed E-state index contributed by atoms with van der Waals surface area (Å²) >= 11 is 25.5. The second-order valence-electron chi connectivity index (χ2n) is 8.87. The second-order valence-corrected chi connectivity index (χ2v) is 11.5. The maximum absolute atomic E-state index is 12.9. The summed E-state index contributed by atoms with van der Waals surface area (Å²) in [6, 6.07) is -1.43. The average molecular weight is 622 g/mol. The number of nitrogens with one attached hydrogen (secondary N) is 1. The number of rotatable bonds is 6. The number of methoxy groups -OCH3 is 1. The van der Waals surface area contributed by atoms with Crippen molar-refractivity contribution in [3.05, 3.63) is 47.2 Å². The van der Waals surface area contributed by atoms with Crippen LogP contribution in [0.3, 0.4) is 0 Å². The third-order valence-electron chi connectivity index (χ3n) is 6.36. The van der Waals surface area contributed by atoms with Crippen molar-refractivity contribution in [1.29, 1.82) is 0 Å². The maximum Gasteiger partial charge on any atom is 0.341 e. The molecule has 38 heavy (non-hydrogen) atoms. The molecule has 2 aliphatic rings. The largest absolute Gasteiger partial charge is 0.465 e. The van der Waals surface area contributed by atoms with E-state index in [-0.39, 0.29) is 31.2 Å². The summed E-state index contributed by atoms with van der Waals surface area (Å²) in [7, 11) is 1.26. The molecule has 0 radical (unpaired) electrons. The second kappa shape index (κ2) is 11.0. The number of benzene rings is 1. The first-order chi connectivity index (χ1) is 17.9. The van der Waals surface area contributed by atoms with Crippen molar-refractivity contribution in [2.75, 3.05) is 19.0 Å². The summed E-state index contributed by atoms with van der Waals surface area (Å²) < 4.78 is 9.97. The van der Waals surface area contributed by atoms with Crippen molar-refractivity contribution in [3.63, 3.8) is 0 Å². The van der Waals surface area contributed by atoms with Gasteiger partial charge in [-0.1, -0.05) is 53.3 Å². The number of esters is 2. The lowest BCUT2D eigenvalue weighted by molar-refractivity contribution is -0.150. The minimum absolute atomic E-state index is 0.206. The first-order valence-electron chi connectivity index (χ1n) is 11.3. The van der Waals surface area contributed by atoms with Gasteiger partial charge in [0.15, 0.2) is 6.61 Å². The highest BCUT2D eigenvalue weighted by Crippen LogP contribution is 2.45. The van der Waals surface area contributed by atoms with Gasteiger partial charge in [0.2, 0.25) is 0 Å². The third kappa shape index (κ3) is 4.88. The number of hydrogen-bond donors (Lipinski definition) is 1. The Hall–Kier alpha value is -2.37. The zero-order valence-corrected chi connectivity index (χ0v) is 24.0. The Kier molecular flexibility index (Phi) is 8.30. The number of carbonyl (C=O) groups excluding carboxylic acids is 5. The normalized spacial score (nSPS) is 17.1. The Morgan fingerprint density at radius 1 is 1.05 bits per heavy atom. The maximum atomic E-state index is 12.9. The van der Waals surface area contributed by atoms with Gasteiger partial charge in [-0.25, -0.2) is 9.59 Å². The molecule has 0 saturated carbocycles. The Morgan fingerprint density at radius 2 is 1.63 bits per heavy atom. The molecular formula is C24H20Cl4N2O7S. The van der Waals surface area contributed by atoms with Crippen LogP contribution in [-0.2, 0) is 31.9 Å². The van der Waals surface area contributed by atoms with Gasteiger partial charge in [-0.05, 0) is 37.7 Å². The molecule has 0 spiro atoms. The number of nitrogens with zero attached hydrogens (tertiary/aromatic N) is 1. The van der Waals surface area contributed by atoms with Gasteiger partial charge >= 0.3 is 11.9 Å². The van der Waals surface area contributed by atoms with Crippen molar-refractivity contribution in [1.82, 2.24) is 4.90 Å². The minimum Gasteiger partial charge on any atom is -0.465 e. The first kappa shape index (κ1) is 28.6. The number of hydrogen-bond acceptors (Lipinski definition) is 8. The lowest BCUT2D eigenvalue weighted by atomic mass is 9.88. The van der Waals surface area contributed by atoms with Crippen molar-refractivity contribution in [2.45, 2.75) is 39.2 Å². The summed E-state index contributed by atoms with van der Waals surface area (Å²) in [5, 5.41) is 1.96. The molecule has 2 atom stereocenters. The smallest absolute Gasteiger partial charge is 0.341 e. The molecule has 14 heteroatoms. The zero-order valence-electron chi connectivity index (χ0n) is 20.2. The molecule has 1 aliphatic carbocycles. The van der Waals surface area contributed by atoms with E-state index in [4.69, 9.17) is 55.9 Å². The predicted molar refractivity (Wildman–Crippen MR) is 143 cm³/mol. The Labute approximate surface area is 241 Å². The first-order valence-corrected chi connectivity index (χ1v) is 13.6. The van der Waals surface area contributed by atoms with Crippen molar-refractivity contribution < 1.29 is 33.4 Å². The number of fused-ring (bicyclic) bond motifs is 2. The summed E-state index contributed by atoms with van der Waals surface area (Å²) in [5.41, 5.74) is 0.591. The quantitative estimate of drug-likeness (QED) is 0.197. The number of thiophene rings is 1. The van der Waals surface area contributed by atoms with Crippen LogP contribution in [0, 0.1) is 5.92 Å². The van der Waals surface area contributed by atoms with Gasteiger partial charge in [-0.15, -0.1) is 11.3 Å².